The predicted octanol–water partition coefficient (Wildman–Crippen LogP) is -0.0453. The third-order valence-electron chi connectivity index (χ3n) is 1.97. The van der Waals surface area contributed by atoms with E-state index >= 15 is 0 Å². The molecule has 0 fully saturated rings. The molecule has 4 N–H and O–H groups in total. The standard InChI is InChI=1S/C10H14N4O2/c1-16-6-8(15)5-14-10-9(12)7(4-11)2-3-13-10/h2-3,8,15H,5-6,12H2,1H3,(H,13,14). The third-order valence-corrected chi connectivity index (χ3v) is 1.97. The summed E-state index contributed by atoms with van der Waals surface area (Å²) in [6.45, 7) is 0.491. The lowest BCUT2D eigenvalue weighted by atomic mass is 10.2. The second-order valence-corrected chi connectivity index (χ2v) is 3.22. The molecule has 86 valence electrons. The van der Waals surface area contributed by atoms with E-state index in [0.29, 0.717) is 11.4 Å². The largest absolute Gasteiger partial charge is 0.395 e. The number of rotatable bonds is 5. The zero-order chi connectivity index (χ0) is 12.0. The molecule has 1 atom stereocenters. The number of nitriles is 1. The van der Waals surface area contributed by atoms with Gasteiger partial charge in [-0.1, -0.05) is 0 Å². The molecule has 0 aromatic carbocycles. The normalized spacial score (nSPS) is 11.8. The predicted molar refractivity (Wildman–Crippen MR) is 59.7 cm³/mol. The van der Waals surface area contributed by atoms with Gasteiger partial charge in [0.2, 0.25) is 0 Å². The molecule has 1 unspecified atom stereocenters. The van der Waals surface area contributed by atoms with Crippen LogP contribution in [0.1, 0.15) is 5.56 Å². The third kappa shape index (κ3) is 3.08. The van der Waals surface area contributed by atoms with Crippen LogP contribution in [0.4, 0.5) is 11.5 Å². The summed E-state index contributed by atoms with van der Waals surface area (Å²) in [6.07, 6.45) is 0.844. The number of ether oxygens (including phenoxy) is 1. The van der Waals surface area contributed by atoms with Crippen LogP contribution in [-0.2, 0) is 4.74 Å². The first-order valence-corrected chi connectivity index (χ1v) is 4.74. The van der Waals surface area contributed by atoms with Crippen LogP contribution in [0.5, 0.6) is 0 Å². The molecular formula is C10H14N4O2. The molecule has 1 aromatic heterocycles. The number of anilines is 2. The average molecular weight is 222 g/mol. The maximum Gasteiger partial charge on any atom is 0.150 e. The Balaban J connectivity index is 2.64. The van der Waals surface area contributed by atoms with Crippen LogP contribution >= 0.6 is 0 Å². The molecule has 0 spiro atoms. The summed E-state index contributed by atoms with van der Waals surface area (Å²) in [5, 5.41) is 21.0. The van der Waals surface area contributed by atoms with Gasteiger partial charge in [-0.3, -0.25) is 0 Å². The molecule has 0 saturated heterocycles. The number of pyridine rings is 1. The zero-order valence-electron chi connectivity index (χ0n) is 8.97. The van der Waals surface area contributed by atoms with Gasteiger partial charge in [0.15, 0.2) is 5.82 Å². The second kappa shape index (κ2) is 5.90. The van der Waals surface area contributed by atoms with Gasteiger partial charge < -0.3 is 20.9 Å². The molecule has 0 aliphatic carbocycles. The van der Waals surface area contributed by atoms with Gasteiger partial charge in [-0.15, -0.1) is 0 Å². The number of methoxy groups -OCH3 is 1. The molecule has 16 heavy (non-hydrogen) atoms. The summed E-state index contributed by atoms with van der Waals surface area (Å²) in [7, 11) is 1.51. The number of nitrogen functional groups attached to an aromatic ring is 1. The number of nitrogens with two attached hydrogens (primary N) is 1. The first-order valence-electron chi connectivity index (χ1n) is 4.74. The summed E-state index contributed by atoms with van der Waals surface area (Å²) in [5.41, 5.74) is 6.34. The molecule has 1 rings (SSSR count). The van der Waals surface area contributed by atoms with Crippen molar-refractivity contribution in [2.75, 3.05) is 31.3 Å². The van der Waals surface area contributed by atoms with E-state index in [4.69, 9.17) is 15.7 Å². The van der Waals surface area contributed by atoms with Crippen LogP contribution in [-0.4, -0.2) is 36.5 Å². The highest BCUT2D eigenvalue weighted by Gasteiger charge is 2.08. The summed E-state index contributed by atoms with van der Waals surface area (Å²) in [6, 6.07) is 3.49. The minimum Gasteiger partial charge on any atom is -0.395 e. The topological polar surface area (TPSA) is 104 Å². The van der Waals surface area contributed by atoms with Crippen molar-refractivity contribution >= 4 is 11.5 Å². The highest BCUT2D eigenvalue weighted by Crippen LogP contribution is 2.18. The second-order valence-electron chi connectivity index (χ2n) is 3.22. The Kier molecular flexibility index (Phi) is 4.51. The van der Waals surface area contributed by atoms with Gasteiger partial charge in [0.05, 0.1) is 24.0 Å². The van der Waals surface area contributed by atoms with E-state index in [9.17, 15) is 5.11 Å². The molecule has 1 aromatic rings. The Labute approximate surface area is 93.7 Å². The minimum absolute atomic E-state index is 0.227. The van der Waals surface area contributed by atoms with Gasteiger partial charge in [-0.05, 0) is 6.07 Å². The van der Waals surface area contributed by atoms with Crippen molar-refractivity contribution in [3.8, 4) is 6.07 Å². The first-order chi connectivity index (χ1) is 7.69. The number of hydrogen-bond donors (Lipinski definition) is 3. The average Bonchev–Trinajstić information content (AvgIpc) is 2.28. The monoisotopic (exact) mass is 222 g/mol. The molecular weight excluding hydrogens is 208 g/mol. The fraction of sp³-hybridized carbons (Fsp3) is 0.400. The van der Waals surface area contributed by atoms with Gasteiger partial charge in [0.25, 0.3) is 0 Å². The van der Waals surface area contributed by atoms with E-state index in [1.54, 1.807) is 0 Å². The molecule has 0 amide bonds. The van der Waals surface area contributed by atoms with E-state index < -0.39 is 6.10 Å². The maximum atomic E-state index is 9.41. The van der Waals surface area contributed by atoms with Crippen LogP contribution in [0.2, 0.25) is 0 Å². The van der Waals surface area contributed by atoms with Crippen molar-refractivity contribution < 1.29 is 9.84 Å². The molecule has 0 aliphatic heterocycles. The SMILES string of the molecule is COCC(O)CNc1nccc(C#N)c1N. The van der Waals surface area contributed by atoms with Gasteiger partial charge in [-0.2, -0.15) is 5.26 Å². The lowest BCUT2D eigenvalue weighted by Gasteiger charge is -2.12. The maximum absolute atomic E-state index is 9.41. The Morgan fingerprint density at radius 1 is 1.75 bits per heavy atom. The quantitative estimate of drug-likeness (QED) is 0.645. The molecule has 0 bridgehead atoms. The van der Waals surface area contributed by atoms with E-state index in [1.165, 1.54) is 19.4 Å². The van der Waals surface area contributed by atoms with Crippen LogP contribution in [0.15, 0.2) is 12.3 Å². The van der Waals surface area contributed by atoms with Gasteiger partial charge in [-0.25, -0.2) is 4.98 Å². The smallest absolute Gasteiger partial charge is 0.150 e. The number of nitrogens with zero attached hydrogens (tertiary/aromatic N) is 2. The van der Waals surface area contributed by atoms with Crippen molar-refractivity contribution in [1.82, 2.24) is 4.98 Å². The van der Waals surface area contributed by atoms with E-state index in [2.05, 4.69) is 10.3 Å². The Hall–Kier alpha value is -1.84. The van der Waals surface area contributed by atoms with E-state index in [0.717, 1.165) is 0 Å². The number of aromatic nitrogens is 1. The number of hydrogen-bond acceptors (Lipinski definition) is 6. The molecule has 0 aliphatic rings. The lowest BCUT2D eigenvalue weighted by Crippen LogP contribution is -2.24. The Morgan fingerprint density at radius 2 is 2.50 bits per heavy atom. The Morgan fingerprint density at radius 3 is 3.12 bits per heavy atom. The highest BCUT2D eigenvalue weighted by molar-refractivity contribution is 5.68. The number of nitrogens with one attached hydrogen (secondary N) is 1. The van der Waals surface area contributed by atoms with Crippen molar-refractivity contribution in [3.63, 3.8) is 0 Å². The van der Waals surface area contributed by atoms with E-state index in [1.807, 2.05) is 6.07 Å². The zero-order valence-corrected chi connectivity index (χ0v) is 8.97. The van der Waals surface area contributed by atoms with Crippen molar-refractivity contribution in [3.05, 3.63) is 17.8 Å². The summed E-state index contributed by atoms with van der Waals surface area (Å²) in [5.74, 6) is 0.397. The minimum atomic E-state index is -0.642. The van der Waals surface area contributed by atoms with Gasteiger partial charge in [0.1, 0.15) is 6.07 Å². The van der Waals surface area contributed by atoms with Crippen molar-refractivity contribution in [1.29, 1.82) is 5.26 Å². The fourth-order valence-electron chi connectivity index (χ4n) is 1.18. The molecule has 6 nitrogen and oxygen atoms in total. The Bertz CT molecular complexity index is 389. The number of aliphatic hydroxyl groups is 1. The molecule has 1 heterocycles. The summed E-state index contributed by atoms with van der Waals surface area (Å²) >= 11 is 0. The summed E-state index contributed by atoms with van der Waals surface area (Å²) in [4.78, 5) is 3.98. The molecule has 0 saturated carbocycles. The molecule has 6 heteroatoms. The lowest BCUT2D eigenvalue weighted by molar-refractivity contribution is 0.0727. The first kappa shape index (κ1) is 12.2. The van der Waals surface area contributed by atoms with Gasteiger partial charge >= 0.3 is 0 Å². The van der Waals surface area contributed by atoms with Crippen molar-refractivity contribution in [2.45, 2.75) is 6.10 Å². The van der Waals surface area contributed by atoms with Crippen LogP contribution in [0.25, 0.3) is 0 Å². The van der Waals surface area contributed by atoms with Crippen LogP contribution in [0.3, 0.4) is 0 Å². The van der Waals surface area contributed by atoms with Crippen molar-refractivity contribution in [2.24, 2.45) is 0 Å². The van der Waals surface area contributed by atoms with Gasteiger partial charge in [0, 0.05) is 19.9 Å². The summed E-state index contributed by atoms with van der Waals surface area (Å²) < 4.78 is 4.77. The highest BCUT2D eigenvalue weighted by atomic mass is 16.5. The fourth-order valence-corrected chi connectivity index (χ4v) is 1.18. The van der Waals surface area contributed by atoms with Crippen LogP contribution < -0.4 is 11.1 Å². The van der Waals surface area contributed by atoms with Crippen LogP contribution in [0, 0.1) is 11.3 Å². The molecule has 0 radical (unpaired) electrons. The van der Waals surface area contributed by atoms with E-state index in [-0.39, 0.29) is 18.8 Å². The number of aliphatic hydroxyl groups excluding tert-OH is 1.